The Hall–Kier alpha value is -1.79. The number of hydrogen-bond donors (Lipinski definition) is 0. The lowest BCUT2D eigenvalue weighted by Crippen LogP contribution is -2.58. The summed E-state index contributed by atoms with van der Waals surface area (Å²) in [4.78, 5) is 15.8. The first-order valence-corrected chi connectivity index (χ1v) is 8.20. The van der Waals surface area contributed by atoms with E-state index in [4.69, 9.17) is 4.74 Å². The molecular weight excluding hydrogens is 314 g/mol. The van der Waals surface area contributed by atoms with Crippen LogP contribution < -0.4 is 0 Å². The number of nitrogens with zero attached hydrogens (tertiary/aromatic N) is 2. The van der Waals surface area contributed by atoms with E-state index in [1.807, 2.05) is 0 Å². The van der Waals surface area contributed by atoms with Crippen LogP contribution in [0.5, 0.6) is 0 Å². The maximum absolute atomic E-state index is 13.3. The number of amides is 1. The van der Waals surface area contributed by atoms with Gasteiger partial charge in [-0.15, -0.1) is 6.58 Å². The molecule has 1 spiro atoms. The van der Waals surface area contributed by atoms with Gasteiger partial charge >= 0.3 is 0 Å². The summed E-state index contributed by atoms with van der Waals surface area (Å²) < 4.78 is 32.2. The van der Waals surface area contributed by atoms with Gasteiger partial charge in [0.1, 0.15) is 6.61 Å². The van der Waals surface area contributed by atoms with Gasteiger partial charge in [0.25, 0.3) is 0 Å². The smallest absolute Gasteiger partial charge is 0.248 e. The highest BCUT2D eigenvalue weighted by molar-refractivity contribution is 5.78. The molecule has 0 N–H and O–H groups in total. The number of carbonyl (C=O) groups excluding carboxylic acids is 1. The molecule has 4 nitrogen and oxygen atoms in total. The van der Waals surface area contributed by atoms with Crippen LogP contribution in [0.15, 0.2) is 30.9 Å². The zero-order chi connectivity index (χ0) is 17.2. The van der Waals surface area contributed by atoms with Gasteiger partial charge in [0.2, 0.25) is 5.91 Å². The molecule has 0 saturated carbocycles. The van der Waals surface area contributed by atoms with Crippen molar-refractivity contribution in [2.24, 2.45) is 0 Å². The van der Waals surface area contributed by atoms with E-state index in [-0.39, 0.29) is 18.1 Å². The molecule has 0 unspecified atom stereocenters. The summed E-state index contributed by atoms with van der Waals surface area (Å²) in [5.74, 6) is -1.63. The third-order valence-corrected chi connectivity index (χ3v) is 4.84. The summed E-state index contributed by atoms with van der Waals surface area (Å²) in [6.07, 6.45) is 3.37. The molecule has 2 aliphatic heterocycles. The van der Waals surface area contributed by atoms with E-state index in [0.29, 0.717) is 19.6 Å². The number of morpholine rings is 1. The van der Waals surface area contributed by atoms with Crippen LogP contribution in [-0.2, 0) is 16.1 Å². The van der Waals surface area contributed by atoms with Crippen molar-refractivity contribution in [3.05, 3.63) is 48.1 Å². The lowest BCUT2D eigenvalue weighted by molar-refractivity contribution is -0.170. The lowest BCUT2D eigenvalue weighted by atomic mass is 9.89. The van der Waals surface area contributed by atoms with E-state index in [1.54, 1.807) is 17.0 Å². The normalized spacial score (nSPS) is 21.2. The SMILES string of the molecule is C=CCN1CC2(CCN(Cc3ccc(F)c(F)c3)CC2)OCC1=O. The van der Waals surface area contributed by atoms with Crippen LogP contribution in [-0.4, -0.2) is 54.1 Å². The third-order valence-electron chi connectivity index (χ3n) is 4.84. The van der Waals surface area contributed by atoms with E-state index in [2.05, 4.69) is 11.5 Å². The average Bonchev–Trinajstić information content (AvgIpc) is 2.57. The highest BCUT2D eigenvalue weighted by Gasteiger charge is 2.41. The highest BCUT2D eigenvalue weighted by atomic mass is 19.2. The minimum atomic E-state index is -0.820. The molecule has 2 fully saturated rings. The lowest BCUT2D eigenvalue weighted by Gasteiger charge is -2.46. The van der Waals surface area contributed by atoms with Crippen molar-refractivity contribution in [3.63, 3.8) is 0 Å². The Bertz CT molecular complexity index is 627. The van der Waals surface area contributed by atoms with Crippen molar-refractivity contribution in [1.82, 2.24) is 9.80 Å². The summed E-state index contributed by atoms with van der Waals surface area (Å²) >= 11 is 0. The summed E-state index contributed by atoms with van der Waals surface area (Å²) in [6, 6.07) is 4.03. The fourth-order valence-electron chi connectivity index (χ4n) is 3.43. The molecule has 2 aliphatic rings. The molecule has 3 rings (SSSR count). The van der Waals surface area contributed by atoms with E-state index < -0.39 is 11.6 Å². The second-order valence-corrected chi connectivity index (χ2v) is 6.56. The summed E-state index contributed by atoms with van der Waals surface area (Å²) in [5.41, 5.74) is 0.472. The number of ether oxygens (including phenoxy) is 1. The summed E-state index contributed by atoms with van der Waals surface area (Å²) in [5, 5.41) is 0. The van der Waals surface area contributed by atoms with E-state index >= 15 is 0 Å². The van der Waals surface area contributed by atoms with Gasteiger partial charge in [-0.2, -0.15) is 0 Å². The average molecular weight is 336 g/mol. The number of carbonyl (C=O) groups is 1. The van der Waals surface area contributed by atoms with Crippen molar-refractivity contribution < 1.29 is 18.3 Å². The monoisotopic (exact) mass is 336 g/mol. The Morgan fingerprint density at radius 2 is 2.00 bits per heavy atom. The molecule has 1 amide bonds. The van der Waals surface area contributed by atoms with E-state index in [1.165, 1.54) is 12.1 Å². The largest absolute Gasteiger partial charge is 0.363 e. The molecule has 1 aromatic rings. The molecule has 2 saturated heterocycles. The first-order chi connectivity index (χ1) is 11.5. The van der Waals surface area contributed by atoms with Gasteiger partial charge in [0.15, 0.2) is 11.6 Å². The molecule has 2 heterocycles. The van der Waals surface area contributed by atoms with Crippen LogP contribution in [0.25, 0.3) is 0 Å². The Morgan fingerprint density at radius 1 is 1.25 bits per heavy atom. The van der Waals surface area contributed by atoms with Crippen LogP contribution in [0.1, 0.15) is 18.4 Å². The van der Waals surface area contributed by atoms with Crippen molar-refractivity contribution in [1.29, 1.82) is 0 Å². The first-order valence-electron chi connectivity index (χ1n) is 8.20. The van der Waals surface area contributed by atoms with Gasteiger partial charge in [-0.25, -0.2) is 8.78 Å². The number of benzene rings is 1. The minimum absolute atomic E-state index is 0.00439. The fourth-order valence-corrected chi connectivity index (χ4v) is 3.43. The van der Waals surface area contributed by atoms with Gasteiger partial charge in [0, 0.05) is 26.2 Å². The summed E-state index contributed by atoms with van der Waals surface area (Å²) in [7, 11) is 0. The van der Waals surface area contributed by atoms with Crippen LogP contribution in [0.2, 0.25) is 0 Å². The molecule has 0 atom stereocenters. The molecule has 24 heavy (non-hydrogen) atoms. The maximum Gasteiger partial charge on any atom is 0.248 e. The van der Waals surface area contributed by atoms with Gasteiger partial charge in [0.05, 0.1) is 12.1 Å². The molecule has 6 heteroatoms. The number of halogens is 2. The Kier molecular flexibility index (Phi) is 4.96. The van der Waals surface area contributed by atoms with Crippen molar-refractivity contribution in [2.75, 3.05) is 32.8 Å². The van der Waals surface area contributed by atoms with Crippen molar-refractivity contribution in [3.8, 4) is 0 Å². The van der Waals surface area contributed by atoms with Gasteiger partial charge < -0.3 is 9.64 Å². The molecular formula is C18H22F2N2O2. The highest BCUT2D eigenvalue weighted by Crippen LogP contribution is 2.31. The second kappa shape index (κ2) is 6.99. The Labute approximate surface area is 140 Å². The number of hydrogen-bond acceptors (Lipinski definition) is 3. The van der Waals surface area contributed by atoms with Gasteiger partial charge in [-0.05, 0) is 30.5 Å². The van der Waals surface area contributed by atoms with Crippen LogP contribution in [0.4, 0.5) is 8.78 Å². The Balaban J connectivity index is 1.58. The van der Waals surface area contributed by atoms with E-state index in [9.17, 15) is 13.6 Å². The maximum atomic E-state index is 13.3. The predicted octanol–water partition coefficient (Wildman–Crippen LogP) is 2.34. The minimum Gasteiger partial charge on any atom is -0.363 e. The Morgan fingerprint density at radius 3 is 2.67 bits per heavy atom. The molecule has 0 bridgehead atoms. The van der Waals surface area contributed by atoms with Crippen molar-refractivity contribution in [2.45, 2.75) is 25.0 Å². The number of likely N-dealkylation sites (tertiary alicyclic amines) is 1. The molecule has 1 aromatic carbocycles. The second-order valence-electron chi connectivity index (χ2n) is 6.56. The number of rotatable bonds is 4. The molecule has 0 radical (unpaired) electrons. The fraction of sp³-hybridized carbons (Fsp3) is 0.500. The zero-order valence-corrected chi connectivity index (χ0v) is 13.6. The summed E-state index contributed by atoms with van der Waals surface area (Å²) in [6.45, 7) is 7.14. The standard InChI is InChI=1S/C18H22F2N2O2/c1-2-7-22-13-18(24-12-17(22)23)5-8-21(9-6-18)11-14-3-4-15(19)16(20)10-14/h2-4,10H,1,5-9,11-13H2. The molecule has 130 valence electrons. The topological polar surface area (TPSA) is 32.8 Å². The third kappa shape index (κ3) is 3.65. The molecule has 0 aliphatic carbocycles. The number of piperidine rings is 1. The van der Waals surface area contributed by atoms with Crippen LogP contribution >= 0.6 is 0 Å². The predicted molar refractivity (Wildman–Crippen MR) is 86.3 cm³/mol. The quantitative estimate of drug-likeness (QED) is 0.791. The first kappa shape index (κ1) is 17.0. The zero-order valence-electron chi connectivity index (χ0n) is 13.6. The van der Waals surface area contributed by atoms with Crippen LogP contribution in [0, 0.1) is 11.6 Å². The van der Waals surface area contributed by atoms with Gasteiger partial charge in [-0.3, -0.25) is 9.69 Å². The molecule has 0 aromatic heterocycles. The van der Waals surface area contributed by atoms with Crippen LogP contribution in [0.3, 0.4) is 0 Å². The van der Waals surface area contributed by atoms with Gasteiger partial charge in [-0.1, -0.05) is 12.1 Å². The van der Waals surface area contributed by atoms with Crippen molar-refractivity contribution >= 4 is 5.91 Å². The van der Waals surface area contributed by atoms with E-state index in [0.717, 1.165) is 31.5 Å².